The normalized spacial score (nSPS) is 22.2. The minimum Gasteiger partial charge on any atom is -0.492 e. The summed E-state index contributed by atoms with van der Waals surface area (Å²) in [6, 6.07) is 2.46. The van der Waals surface area contributed by atoms with E-state index in [4.69, 9.17) is 9.47 Å². The van der Waals surface area contributed by atoms with Crippen LogP contribution in [0, 0.1) is 11.3 Å². The highest BCUT2D eigenvalue weighted by Gasteiger charge is 2.44. The van der Waals surface area contributed by atoms with Crippen molar-refractivity contribution < 1.29 is 37.3 Å². The van der Waals surface area contributed by atoms with Gasteiger partial charge in [-0.3, -0.25) is 4.79 Å². The Bertz CT molecular complexity index is 1360. The van der Waals surface area contributed by atoms with Gasteiger partial charge in [-0.1, -0.05) is 41.5 Å². The van der Waals surface area contributed by atoms with Crippen LogP contribution in [-0.4, -0.2) is 58.5 Å². The molecule has 2 aliphatic heterocycles. The van der Waals surface area contributed by atoms with Crippen molar-refractivity contribution >= 4 is 23.3 Å². The standard InChI is InChI=1S/C30H40F3N3O5S/c1-28(2,3)23-16-35(15-20-8-7-13-40-20)26(42-23)34-25(37)21-14-19(30(31,32)33)9-10-22(21)41-17-18-11-12-36(27(38)39)24(18)29(4,5)6/h9-10,14,16,18,20,24H,7-8,11-13,15,17H2,1-6H3,(H,38,39)/t18-,20-,24?/m1/s1. The zero-order valence-electron chi connectivity index (χ0n) is 25.0. The van der Waals surface area contributed by atoms with Crippen molar-refractivity contribution in [2.45, 2.75) is 91.1 Å². The molecule has 0 aliphatic carbocycles. The third-order valence-corrected chi connectivity index (χ3v) is 9.17. The second-order valence-electron chi connectivity index (χ2n) is 13.2. The van der Waals surface area contributed by atoms with Gasteiger partial charge in [0.15, 0.2) is 4.80 Å². The van der Waals surface area contributed by atoms with Crippen LogP contribution in [0.4, 0.5) is 18.0 Å². The van der Waals surface area contributed by atoms with E-state index in [-0.39, 0.29) is 41.4 Å². The van der Waals surface area contributed by atoms with Gasteiger partial charge in [-0.2, -0.15) is 18.2 Å². The molecule has 1 unspecified atom stereocenters. The molecule has 0 saturated carbocycles. The summed E-state index contributed by atoms with van der Waals surface area (Å²) in [5.74, 6) is -1.06. The molecular formula is C30H40F3N3O5S. The molecule has 3 atom stereocenters. The SMILES string of the molecule is CC(C)(C)c1cn(C[C@H]2CCCO2)c(=NC(=O)c2cc(C(F)(F)F)ccc2OC[C@H]2CCN(C(=O)O)C2C(C)(C)C)s1. The zero-order chi connectivity index (χ0) is 31.0. The van der Waals surface area contributed by atoms with E-state index in [0.29, 0.717) is 30.9 Å². The molecule has 2 fully saturated rings. The molecule has 42 heavy (non-hydrogen) atoms. The molecule has 12 heteroatoms. The lowest BCUT2D eigenvalue weighted by Gasteiger charge is -2.37. The van der Waals surface area contributed by atoms with Crippen LogP contribution in [0.25, 0.3) is 0 Å². The van der Waals surface area contributed by atoms with Crippen LogP contribution >= 0.6 is 11.3 Å². The van der Waals surface area contributed by atoms with Gasteiger partial charge in [0.2, 0.25) is 0 Å². The molecule has 2 amide bonds. The molecule has 3 heterocycles. The van der Waals surface area contributed by atoms with Gasteiger partial charge in [0.05, 0.1) is 30.4 Å². The Hall–Kier alpha value is -2.86. The quantitative estimate of drug-likeness (QED) is 0.399. The molecule has 2 aliphatic rings. The predicted octanol–water partition coefficient (Wildman–Crippen LogP) is 6.58. The summed E-state index contributed by atoms with van der Waals surface area (Å²) in [5.41, 5.74) is -1.89. The fourth-order valence-corrected chi connectivity index (χ4v) is 6.77. The first kappa shape index (κ1) is 32.1. The molecule has 1 N–H and O–H groups in total. The largest absolute Gasteiger partial charge is 0.492 e. The number of amides is 2. The Kier molecular flexibility index (Phi) is 9.18. The molecule has 232 valence electrons. The van der Waals surface area contributed by atoms with E-state index < -0.39 is 29.2 Å². The van der Waals surface area contributed by atoms with Gasteiger partial charge in [0.25, 0.3) is 5.91 Å². The number of carbonyl (C=O) groups excluding carboxylic acids is 1. The number of nitrogens with zero attached hydrogens (tertiary/aromatic N) is 3. The smallest absolute Gasteiger partial charge is 0.416 e. The van der Waals surface area contributed by atoms with E-state index in [1.54, 1.807) is 0 Å². The summed E-state index contributed by atoms with van der Waals surface area (Å²) in [6.07, 6.45) is -1.42. The minimum atomic E-state index is -4.67. The number of aromatic nitrogens is 1. The average Bonchev–Trinajstić information content (AvgIpc) is 3.62. The van der Waals surface area contributed by atoms with E-state index in [9.17, 15) is 27.9 Å². The van der Waals surface area contributed by atoms with Crippen LogP contribution in [0.1, 0.15) is 81.6 Å². The van der Waals surface area contributed by atoms with E-state index in [1.165, 1.54) is 16.2 Å². The number of alkyl halides is 3. The molecule has 2 saturated heterocycles. The third-order valence-electron chi connectivity index (χ3n) is 7.73. The molecule has 8 nitrogen and oxygen atoms in total. The fourth-order valence-electron chi connectivity index (χ4n) is 5.72. The van der Waals surface area contributed by atoms with Gasteiger partial charge < -0.3 is 24.0 Å². The number of benzene rings is 1. The Morgan fingerprint density at radius 1 is 1.14 bits per heavy atom. The Labute approximate surface area is 248 Å². The van der Waals surface area contributed by atoms with Crippen LogP contribution in [0.5, 0.6) is 5.75 Å². The van der Waals surface area contributed by atoms with E-state index in [1.807, 2.05) is 52.3 Å². The highest BCUT2D eigenvalue weighted by molar-refractivity contribution is 7.09. The third kappa shape index (κ3) is 7.37. The number of carboxylic acid groups (broad SMARTS) is 1. The highest BCUT2D eigenvalue weighted by Crippen LogP contribution is 2.38. The summed E-state index contributed by atoms with van der Waals surface area (Å²) in [4.78, 5) is 32.5. The fraction of sp³-hybridized carbons (Fsp3) is 0.633. The molecule has 1 aromatic carbocycles. The van der Waals surface area contributed by atoms with Gasteiger partial charge in [-0.25, -0.2) is 4.79 Å². The average molecular weight is 612 g/mol. The van der Waals surface area contributed by atoms with Gasteiger partial charge in [0, 0.05) is 36.2 Å². The first-order chi connectivity index (χ1) is 19.4. The lowest BCUT2D eigenvalue weighted by Crippen LogP contribution is -2.46. The van der Waals surface area contributed by atoms with Crippen molar-refractivity contribution in [1.82, 2.24) is 9.47 Å². The van der Waals surface area contributed by atoms with Crippen LogP contribution < -0.4 is 9.54 Å². The molecular weight excluding hydrogens is 571 g/mol. The maximum Gasteiger partial charge on any atom is 0.416 e. The molecule has 0 spiro atoms. The highest BCUT2D eigenvalue weighted by atomic mass is 32.1. The van der Waals surface area contributed by atoms with Crippen molar-refractivity contribution in [2.75, 3.05) is 19.8 Å². The Morgan fingerprint density at radius 2 is 1.86 bits per heavy atom. The summed E-state index contributed by atoms with van der Waals surface area (Å²) in [5, 5.41) is 9.69. The van der Waals surface area contributed by atoms with Crippen molar-refractivity contribution in [1.29, 1.82) is 0 Å². The number of ether oxygens (including phenoxy) is 2. The minimum absolute atomic E-state index is 0.0172. The zero-order valence-corrected chi connectivity index (χ0v) is 25.8. The lowest BCUT2D eigenvalue weighted by molar-refractivity contribution is -0.137. The van der Waals surface area contributed by atoms with E-state index >= 15 is 0 Å². The molecule has 2 aromatic rings. The lowest BCUT2D eigenvalue weighted by atomic mass is 9.80. The summed E-state index contributed by atoms with van der Waals surface area (Å²) >= 11 is 1.32. The second kappa shape index (κ2) is 12.0. The van der Waals surface area contributed by atoms with Gasteiger partial charge in [-0.05, 0) is 48.3 Å². The van der Waals surface area contributed by atoms with Crippen LogP contribution in [0.15, 0.2) is 29.4 Å². The van der Waals surface area contributed by atoms with E-state index in [2.05, 4.69) is 4.99 Å². The topological polar surface area (TPSA) is 93.4 Å². The number of thiazole rings is 1. The van der Waals surface area contributed by atoms with Gasteiger partial charge in [0.1, 0.15) is 5.75 Å². The predicted molar refractivity (Wildman–Crippen MR) is 153 cm³/mol. The number of hydrogen-bond acceptors (Lipinski definition) is 5. The molecule has 4 rings (SSSR count). The number of likely N-dealkylation sites (tertiary alicyclic amines) is 1. The number of carbonyl (C=O) groups is 2. The number of rotatable bonds is 6. The molecule has 0 bridgehead atoms. The Morgan fingerprint density at radius 3 is 2.43 bits per heavy atom. The number of halogens is 3. The summed E-state index contributed by atoms with van der Waals surface area (Å²) in [7, 11) is 0. The first-order valence-electron chi connectivity index (χ1n) is 14.2. The summed E-state index contributed by atoms with van der Waals surface area (Å²) < 4.78 is 54.7. The van der Waals surface area contributed by atoms with E-state index in [0.717, 1.165) is 35.9 Å². The summed E-state index contributed by atoms with van der Waals surface area (Å²) in [6.45, 7) is 13.5. The van der Waals surface area contributed by atoms with Crippen molar-refractivity contribution in [3.05, 3.63) is 45.2 Å². The van der Waals surface area contributed by atoms with Crippen molar-refractivity contribution in [3.63, 3.8) is 0 Å². The monoisotopic (exact) mass is 611 g/mol. The Balaban J connectivity index is 1.69. The maximum absolute atomic E-state index is 13.7. The van der Waals surface area contributed by atoms with Crippen LogP contribution in [-0.2, 0) is 22.9 Å². The van der Waals surface area contributed by atoms with Crippen molar-refractivity contribution in [2.24, 2.45) is 16.3 Å². The first-order valence-corrected chi connectivity index (χ1v) is 15.0. The van der Waals surface area contributed by atoms with Crippen LogP contribution in [0.2, 0.25) is 0 Å². The number of hydrogen-bond donors (Lipinski definition) is 1. The van der Waals surface area contributed by atoms with Gasteiger partial charge >= 0.3 is 12.3 Å². The second-order valence-corrected chi connectivity index (χ2v) is 14.2. The van der Waals surface area contributed by atoms with Crippen molar-refractivity contribution in [3.8, 4) is 5.75 Å². The maximum atomic E-state index is 13.7. The van der Waals surface area contributed by atoms with Crippen LogP contribution in [0.3, 0.4) is 0 Å². The molecule has 1 aromatic heterocycles. The molecule has 0 radical (unpaired) electrons. The van der Waals surface area contributed by atoms with Gasteiger partial charge in [-0.15, -0.1) is 11.3 Å².